The fourth-order valence-corrected chi connectivity index (χ4v) is 5.19. The highest BCUT2D eigenvalue weighted by atomic mass is 127. The SMILES string of the molecule is CN=C(NCCN(C)S(=O)(=O)c1cccs1)NCC1(CCO)CCOC1.I. The summed E-state index contributed by atoms with van der Waals surface area (Å²) in [5, 5.41) is 17.4. The molecule has 0 aromatic carbocycles. The number of aliphatic hydroxyl groups is 1. The zero-order chi connectivity index (χ0) is 19.0. The topological polar surface area (TPSA) is 103 Å². The summed E-state index contributed by atoms with van der Waals surface area (Å²) < 4.78 is 31.9. The van der Waals surface area contributed by atoms with E-state index in [1.165, 1.54) is 15.6 Å². The van der Waals surface area contributed by atoms with Crippen LogP contribution in [0.2, 0.25) is 0 Å². The van der Waals surface area contributed by atoms with Gasteiger partial charge >= 0.3 is 0 Å². The van der Waals surface area contributed by atoms with Gasteiger partial charge in [-0.15, -0.1) is 35.3 Å². The molecule has 1 fully saturated rings. The normalized spacial score (nSPS) is 20.5. The smallest absolute Gasteiger partial charge is 0.252 e. The van der Waals surface area contributed by atoms with Gasteiger partial charge in [-0.3, -0.25) is 4.99 Å². The highest BCUT2D eigenvalue weighted by Gasteiger charge is 2.34. The Morgan fingerprint density at radius 2 is 2.26 bits per heavy atom. The molecule has 1 saturated heterocycles. The first-order valence-corrected chi connectivity index (χ1v) is 10.9. The number of sulfonamides is 1. The van der Waals surface area contributed by atoms with E-state index in [1.54, 1.807) is 31.6 Å². The Hall–Kier alpha value is -0.470. The van der Waals surface area contributed by atoms with Crippen LogP contribution in [0.15, 0.2) is 26.7 Å². The second kappa shape index (κ2) is 11.5. The summed E-state index contributed by atoms with van der Waals surface area (Å²) in [4.78, 5) is 4.17. The lowest BCUT2D eigenvalue weighted by molar-refractivity contribution is 0.127. The number of rotatable bonds is 9. The van der Waals surface area contributed by atoms with Crippen LogP contribution in [-0.2, 0) is 14.8 Å². The van der Waals surface area contributed by atoms with E-state index in [0.29, 0.717) is 49.4 Å². The molecule has 0 aliphatic carbocycles. The van der Waals surface area contributed by atoms with E-state index in [2.05, 4.69) is 15.6 Å². The van der Waals surface area contributed by atoms with Gasteiger partial charge < -0.3 is 20.5 Å². The van der Waals surface area contributed by atoms with Crippen LogP contribution in [0.4, 0.5) is 0 Å². The molecular weight excluding hydrogens is 503 g/mol. The third-order valence-electron chi connectivity index (χ3n) is 4.56. The van der Waals surface area contributed by atoms with Gasteiger partial charge in [0.15, 0.2) is 5.96 Å². The summed E-state index contributed by atoms with van der Waals surface area (Å²) in [7, 11) is -0.195. The van der Waals surface area contributed by atoms with E-state index in [0.717, 1.165) is 6.42 Å². The molecule has 1 aromatic heterocycles. The van der Waals surface area contributed by atoms with Crippen LogP contribution in [0.3, 0.4) is 0 Å². The Kier molecular flexibility index (Phi) is 10.5. The van der Waals surface area contributed by atoms with Crippen molar-refractivity contribution in [3.8, 4) is 0 Å². The average molecular weight is 532 g/mol. The number of likely N-dealkylation sites (N-methyl/N-ethyl adjacent to an activating group) is 1. The van der Waals surface area contributed by atoms with Crippen molar-refractivity contribution >= 4 is 51.3 Å². The van der Waals surface area contributed by atoms with Crippen molar-refractivity contribution in [2.24, 2.45) is 10.4 Å². The molecule has 1 aliphatic rings. The second-order valence-corrected chi connectivity index (χ2v) is 9.61. The summed E-state index contributed by atoms with van der Waals surface area (Å²) in [6.45, 7) is 2.87. The zero-order valence-corrected chi connectivity index (χ0v) is 19.6. The van der Waals surface area contributed by atoms with Crippen molar-refractivity contribution in [1.29, 1.82) is 0 Å². The van der Waals surface area contributed by atoms with Gasteiger partial charge in [0.1, 0.15) is 4.21 Å². The number of nitrogens with one attached hydrogen (secondary N) is 2. The molecule has 156 valence electrons. The van der Waals surface area contributed by atoms with Crippen LogP contribution in [-0.4, -0.2) is 77.3 Å². The molecule has 1 atom stereocenters. The summed E-state index contributed by atoms with van der Waals surface area (Å²) in [5.74, 6) is 0.608. The van der Waals surface area contributed by atoms with E-state index in [1.807, 2.05) is 0 Å². The molecule has 3 N–H and O–H groups in total. The van der Waals surface area contributed by atoms with Gasteiger partial charge in [0, 0.05) is 52.4 Å². The van der Waals surface area contributed by atoms with E-state index in [4.69, 9.17) is 4.74 Å². The molecule has 0 spiro atoms. The van der Waals surface area contributed by atoms with Crippen LogP contribution in [0, 0.1) is 5.41 Å². The van der Waals surface area contributed by atoms with Crippen molar-refractivity contribution < 1.29 is 18.3 Å². The Morgan fingerprint density at radius 3 is 2.81 bits per heavy atom. The molecule has 1 unspecified atom stereocenters. The summed E-state index contributed by atoms with van der Waals surface area (Å²) in [6, 6.07) is 3.33. The standard InChI is InChI=1S/C16H28N4O4S2.HI/c1-17-15(19-12-16(5-9-21)6-10-24-13-16)18-7-8-20(2)26(22,23)14-4-3-11-25-14;/h3-4,11,21H,5-10,12-13H2,1-2H3,(H2,17,18,19);1H. The Balaban J connectivity index is 0.00000364. The first kappa shape index (κ1) is 24.6. The number of halogens is 1. The molecule has 0 radical (unpaired) electrons. The lowest BCUT2D eigenvalue weighted by Gasteiger charge is -2.28. The Labute approximate surface area is 182 Å². The molecular formula is C16H29IN4O4S2. The minimum Gasteiger partial charge on any atom is -0.396 e. The van der Waals surface area contributed by atoms with E-state index in [9.17, 15) is 13.5 Å². The predicted molar refractivity (Wildman–Crippen MR) is 118 cm³/mol. The van der Waals surface area contributed by atoms with Gasteiger partial charge in [0.25, 0.3) is 10.0 Å². The van der Waals surface area contributed by atoms with Gasteiger partial charge in [-0.2, -0.15) is 4.31 Å². The first-order chi connectivity index (χ1) is 12.4. The highest BCUT2D eigenvalue weighted by molar-refractivity contribution is 14.0. The largest absolute Gasteiger partial charge is 0.396 e. The second-order valence-electron chi connectivity index (χ2n) is 6.39. The van der Waals surface area contributed by atoms with E-state index in [-0.39, 0.29) is 36.0 Å². The highest BCUT2D eigenvalue weighted by Crippen LogP contribution is 2.31. The van der Waals surface area contributed by atoms with Gasteiger partial charge in [-0.25, -0.2) is 8.42 Å². The van der Waals surface area contributed by atoms with Crippen molar-refractivity contribution in [1.82, 2.24) is 14.9 Å². The summed E-state index contributed by atoms with van der Waals surface area (Å²) in [6.07, 6.45) is 1.58. The number of thiophene rings is 1. The molecule has 11 heteroatoms. The number of hydrogen-bond donors (Lipinski definition) is 3. The van der Waals surface area contributed by atoms with Gasteiger partial charge in [-0.1, -0.05) is 6.07 Å². The zero-order valence-electron chi connectivity index (χ0n) is 15.7. The van der Waals surface area contributed by atoms with Gasteiger partial charge in [0.2, 0.25) is 0 Å². The van der Waals surface area contributed by atoms with Crippen molar-refractivity contribution in [3.63, 3.8) is 0 Å². The third-order valence-corrected chi connectivity index (χ3v) is 7.79. The molecule has 0 bridgehead atoms. The minimum absolute atomic E-state index is 0. The summed E-state index contributed by atoms with van der Waals surface area (Å²) >= 11 is 1.21. The summed E-state index contributed by atoms with van der Waals surface area (Å²) in [5.41, 5.74) is -0.0777. The average Bonchev–Trinajstić information content (AvgIpc) is 3.30. The number of aliphatic imine (C=N–C) groups is 1. The molecule has 0 saturated carbocycles. The Bertz CT molecular complexity index is 677. The number of aliphatic hydroxyl groups excluding tert-OH is 1. The molecule has 27 heavy (non-hydrogen) atoms. The maximum absolute atomic E-state index is 12.4. The molecule has 2 heterocycles. The first-order valence-electron chi connectivity index (χ1n) is 8.56. The van der Waals surface area contributed by atoms with Gasteiger partial charge in [-0.05, 0) is 24.3 Å². The van der Waals surface area contributed by atoms with Crippen molar-refractivity contribution in [2.75, 3.05) is 53.6 Å². The maximum Gasteiger partial charge on any atom is 0.252 e. The van der Waals surface area contributed by atoms with Crippen LogP contribution >= 0.6 is 35.3 Å². The van der Waals surface area contributed by atoms with Crippen molar-refractivity contribution in [2.45, 2.75) is 17.1 Å². The number of ether oxygens (including phenoxy) is 1. The van der Waals surface area contributed by atoms with E-state index < -0.39 is 10.0 Å². The molecule has 2 rings (SSSR count). The number of guanidine groups is 1. The molecule has 1 aliphatic heterocycles. The number of hydrogen-bond acceptors (Lipinski definition) is 6. The van der Waals surface area contributed by atoms with Gasteiger partial charge in [0.05, 0.1) is 6.61 Å². The number of nitrogens with zero attached hydrogens (tertiary/aromatic N) is 2. The quantitative estimate of drug-likeness (QED) is 0.249. The van der Waals surface area contributed by atoms with Crippen LogP contribution < -0.4 is 10.6 Å². The van der Waals surface area contributed by atoms with Crippen molar-refractivity contribution in [3.05, 3.63) is 17.5 Å². The predicted octanol–water partition coefficient (Wildman–Crippen LogP) is 0.941. The van der Waals surface area contributed by atoms with Crippen LogP contribution in [0.1, 0.15) is 12.8 Å². The Morgan fingerprint density at radius 1 is 1.48 bits per heavy atom. The fraction of sp³-hybridized carbons (Fsp3) is 0.688. The lowest BCUT2D eigenvalue weighted by atomic mass is 9.84. The molecule has 0 amide bonds. The molecule has 8 nitrogen and oxygen atoms in total. The van der Waals surface area contributed by atoms with Crippen LogP contribution in [0.5, 0.6) is 0 Å². The van der Waals surface area contributed by atoms with Crippen LogP contribution in [0.25, 0.3) is 0 Å². The fourth-order valence-electron chi connectivity index (χ4n) is 2.82. The minimum atomic E-state index is -3.44. The lowest BCUT2D eigenvalue weighted by Crippen LogP contribution is -2.46. The monoisotopic (exact) mass is 532 g/mol. The third kappa shape index (κ3) is 6.82. The maximum atomic E-state index is 12.4. The molecule has 1 aromatic rings. The van der Waals surface area contributed by atoms with E-state index >= 15 is 0 Å².